The van der Waals surface area contributed by atoms with E-state index >= 15 is 0 Å². The average Bonchev–Trinajstić information content (AvgIpc) is 3.42. The molecule has 202 valence electrons. The molecule has 39 heavy (non-hydrogen) atoms. The molecular weight excluding hydrogens is 534 g/mol. The summed E-state index contributed by atoms with van der Waals surface area (Å²) >= 11 is 8.04. The van der Waals surface area contributed by atoms with Crippen LogP contribution in [0.25, 0.3) is 22.0 Å². The SMILES string of the molecule is COc1cc2nc(C)nc(N[C@H](C)c3cc(-c4c(Cl)cccc4C=O)cs3)c2cc1C1CCC(C(=O)O)CC1. The number of thiophene rings is 1. The lowest BCUT2D eigenvalue weighted by molar-refractivity contribution is -0.142. The summed E-state index contributed by atoms with van der Waals surface area (Å²) in [6.45, 7) is 3.94. The number of nitrogens with zero attached hydrogens (tertiary/aromatic N) is 2. The van der Waals surface area contributed by atoms with Crippen LogP contribution in [0, 0.1) is 12.8 Å². The highest BCUT2D eigenvalue weighted by atomic mass is 35.5. The van der Waals surface area contributed by atoms with E-state index in [4.69, 9.17) is 21.3 Å². The number of carbonyl (C=O) groups is 2. The number of hydrogen-bond donors (Lipinski definition) is 2. The van der Waals surface area contributed by atoms with Crippen LogP contribution in [0.15, 0.2) is 41.8 Å². The molecule has 2 N–H and O–H groups in total. The molecule has 1 saturated carbocycles. The number of aldehydes is 1. The minimum Gasteiger partial charge on any atom is -0.496 e. The summed E-state index contributed by atoms with van der Waals surface area (Å²) < 4.78 is 5.75. The lowest BCUT2D eigenvalue weighted by atomic mass is 9.78. The number of anilines is 1. The third-order valence-electron chi connectivity index (χ3n) is 7.54. The van der Waals surface area contributed by atoms with Crippen LogP contribution in [0.5, 0.6) is 5.75 Å². The van der Waals surface area contributed by atoms with Gasteiger partial charge in [-0.05, 0) is 80.2 Å². The Morgan fingerprint density at radius 1 is 1.21 bits per heavy atom. The highest BCUT2D eigenvalue weighted by Gasteiger charge is 2.29. The van der Waals surface area contributed by atoms with Crippen LogP contribution in [-0.2, 0) is 4.79 Å². The van der Waals surface area contributed by atoms with Crippen LogP contribution in [-0.4, -0.2) is 34.4 Å². The van der Waals surface area contributed by atoms with Crippen LogP contribution >= 0.6 is 22.9 Å². The summed E-state index contributed by atoms with van der Waals surface area (Å²) in [7, 11) is 1.66. The number of ether oxygens (including phenoxy) is 1. The van der Waals surface area contributed by atoms with Gasteiger partial charge in [0.2, 0.25) is 0 Å². The minimum atomic E-state index is -0.711. The molecule has 0 spiro atoms. The van der Waals surface area contributed by atoms with E-state index in [1.165, 1.54) is 0 Å². The van der Waals surface area contributed by atoms with E-state index < -0.39 is 5.97 Å². The van der Waals surface area contributed by atoms with Gasteiger partial charge in [0.25, 0.3) is 0 Å². The number of methoxy groups -OCH3 is 1. The molecule has 0 saturated heterocycles. The van der Waals surface area contributed by atoms with Crippen molar-refractivity contribution < 1.29 is 19.4 Å². The molecule has 9 heteroatoms. The highest BCUT2D eigenvalue weighted by Crippen LogP contribution is 2.42. The van der Waals surface area contributed by atoms with Gasteiger partial charge in [-0.15, -0.1) is 11.3 Å². The van der Waals surface area contributed by atoms with Gasteiger partial charge in [-0.3, -0.25) is 9.59 Å². The molecule has 1 fully saturated rings. The Kier molecular flexibility index (Phi) is 7.86. The fourth-order valence-electron chi connectivity index (χ4n) is 5.48. The number of rotatable bonds is 8. The van der Waals surface area contributed by atoms with E-state index in [1.54, 1.807) is 36.6 Å². The number of carbonyl (C=O) groups excluding carboxylic acids is 1. The monoisotopic (exact) mass is 563 g/mol. The van der Waals surface area contributed by atoms with Gasteiger partial charge in [0, 0.05) is 32.5 Å². The lowest BCUT2D eigenvalue weighted by Crippen LogP contribution is -2.20. The highest BCUT2D eigenvalue weighted by molar-refractivity contribution is 7.10. The van der Waals surface area contributed by atoms with Gasteiger partial charge in [0.1, 0.15) is 17.4 Å². The smallest absolute Gasteiger partial charge is 0.306 e. The maximum atomic E-state index is 11.6. The Balaban J connectivity index is 1.47. The van der Waals surface area contributed by atoms with E-state index in [-0.39, 0.29) is 17.9 Å². The number of carboxylic acid groups (broad SMARTS) is 1. The van der Waals surface area contributed by atoms with Gasteiger partial charge in [-0.25, -0.2) is 9.97 Å². The molecule has 1 atom stereocenters. The number of aliphatic carboxylic acids is 1. The molecule has 2 aromatic heterocycles. The molecule has 0 bridgehead atoms. The van der Waals surface area contributed by atoms with Gasteiger partial charge < -0.3 is 15.2 Å². The first kappa shape index (κ1) is 27.1. The molecule has 0 amide bonds. The zero-order valence-corrected chi connectivity index (χ0v) is 23.6. The van der Waals surface area contributed by atoms with Crippen molar-refractivity contribution in [3.8, 4) is 16.9 Å². The van der Waals surface area contributed by atoms with Crippen molar-refractivity contribution in [3.63, 3.8) is 0 Å². The van der Waals surface area contributed by atoms with Crippen molar-refractivity contribution in [1.29, 1.82) is 0 Å². The normalized spacial score (nSPS) is 18.1. The summed E-state index contributed by atoms with van der Waals surface area (Å²) in [5.74, 6) is 1.38. The van der Waals surface area contributed by atoms with E-state index in [0.29, 0.717) is 29.3 Å². The van der Waals surface area contributed by atoms with Gasteiger partial charge in [0.05, 0.1) is 24.6 Å². The van der Waals surface area contributed by atoms with E-state index in [0.717, 1.165) is 63.2 Å². The number of aromatic nitrogens is 2. The molecule has 7 nitrogen and oxygen atoms in total. The Morgan fingerprint density at radius 3 is 2.67 bits per heavy atom. The van der Waals surface area contributed by atoms with E-state index in [9.17, 15) is 14.7 Å². The molecule has 1 aliphatic carbocycles. The number of halogens is 1. The fourth-order valence-corrected chi connectivity index (χ4v) is 6.68. The maximum Gasteiger partial charge on any atom is 0.306 e. The standard InChI is InChI=1S/C30H30ClN3O4S/c1-16(27-11-21(15-39-27)28-20(14-35)5-4-6-24(28)31)32-29-23-12-22(18-7-9-19(10-8-18)30(36)37)26(38-3)13-25(23)33-17(2)34-29/h4-6,11-16,18-19H,7-10H2,1-3H3,(H,36,37)(H,32,33,34)/t16-,18?,19?/m1/s1. The largest absolute Gasteiger partial charge is 0.496 e. The van der Waals surface area contributed by atoms with Crippen LogP contribution in [0.4, 0.5) is 5.82 Å². The first-order valence-electron chi connectivity index (χ1n) is 13.0. The number of benzene rings is 2. The zero-order valence-electron chi connectivity index (χ0n) is 22.0. The Morgan fingerprint density at radius 2 is 1.97 bits per heavy atom. The fraction of sp³-hybridized carbons (Fsp3) is 0.333. The topological polar surface area (TPSA) is 101 Å². The molecular formula is C30H30ClN3O4S. The first-order valence-corrected chi connectivity index (χ1v) is 14.2. The summed E-state index contributed by atoms with van der Waals surface area (Å²) in [6, 6.07) is 11.4. The zero-order chi connectivity index (χ0) is 27.7. The van der Waals surface area contributed by atoms with Gasteiger partial charge in [-0.2, -0.15) is 0 Å². The van der Waals surface area contributed by atoms with Crippen molar-refractivity contribution in [2.45, 2.75) is 51.5 Å². The molecule has 2 heterocycles. The van der Waals surface area contributed by atoms with Crippen LogP contribution in [0.1, 0.15) is 71.2 Å². The molecule has 0 radical (unpaired) electrons. The summed E-state index contributed by atoms with van der Waals surface area (Å²) in [5.41, 5.74) is 4.06. The average molecular weight is 564 g/mol. The van der Waals surface area contributed by atoms with Gasteiger partial charge >= 0.3 is 5.97 Å². The molecule has 0 unspecified atom stereocenters. The lowest BCUT2D eigenvalue weighted by Gasteiger charge is -2.28. The number of carboxylic acids is 1. The van der Waals surface area contributed by atoms with Crippen molar-refractivity contribution in [3.05, 3.63) is 68.6 Å². The second kappa shape index (κ2) is 11.3. The molecule has 1 aliphatic rings. The van der Waals surface area contributed by atoms with E-state index in [2.05, 4.69) is 29.4 Å². The van der Waals surface area contributed by atoms with Crippen LogP contribution in [0.2, 0.25) is 5.02 Å². The summed E-state index contributed by atoms with van der Waals surface area (Å²) in [4.78, 5) is 33.5. The quantitative estimate of drug-likeness (QED) is 0.212. The van der Waals surface area contributed by atoms with Crippen LogP contribution in [0.3, 0.4) is 0 Å². The summed E-state index contributed by atoms with van der Waals surface area (Å²) in [6.07, 6.45) is 3.74. The predicted molar refractivity (Wildman–Crippen MR) is 155 cm³/mol. The Labute approximate surface area is 236 Å². The number of hydrogen-bond acceptors (Lipinski definition) is 7. The second-order valence-corrected chi connectivity index (χ2v) is 11.4. The molecule has 5 rings (SSSR count). The second-order valence-electron chi connectivity index (χ2n) is 10.0. The number of aryl methyl sites for hydroxylation is 1. The maximum absolute atomic E-state index is 11.6. The van der Waals surface area contributed by atoms with E-state index in [1.807, 2.05) is 18.4 Å². The Hall–Kier alpha value is -3.49. The molecule has 4 aromatic rings. The Bertz CT molecular complexity index is 1540. The van der Waals surface area contributed by atoms with Gasteiger partial charge in [-0.1, -0.05) is 23.7 Å². The first-order chi connectivity index (χ1) is 18.8. The van der Waals surface area contributed by atoms with Crippen molar-refractivity contribution in [2.24, 2.45) is 5.92 Å². The third-order valence-corrected chi connectivity index (χ3v) is 8.97. The molecule has 2 aromatic carbocycles. The van der Waals surface area contributed by atoms with Crippen molar-refractivity contribution >= 4 is 51.9 Å². The summed E-state index contributed by atoms with van der Waals surface area (Å²) in [5, 5.41) is 16.4. The predicted octanol–water partition coefficient (Wildman–Crippen LogP) is 7.67. The number of fused-ring (bicyclic) bond motifs is 1. The molecule has 0 aliphatic heterocycles. The number of nitrogens with one attached hydrogen (secondary N) is 1. The van der Waals surface area contributed by atoms with Crippen molar-refractivity contribution in [2.75, 3.05) is 12.4 Å². The van der Waals surface area contributed by atoms with Crippen molar-refractivity contribution in [1.82, 2.24) is 9.97 Å². The minimum absolute atomic E-state index is 0.0695. The third kappa shape index (κ3) is 5.49. The van der Waals surface area contributed by atoms with Crippen LogP contribution < -0.4 is 10.1 Å². The van der Waals surface area contributed by atoms with Gasteiger partial charge in [0.15, 0.2) is 6.29 Å².